The summed E-state index contributed by atoms with van der Waals surface area (Å²) in [6.45, 7) is 7.75. The monoisotopic (exact) mass is 418 g/mol. The van der Waals surface area contributed by atoms with Crippen LogP contribution >= 0.6 is 0 Å². The highest BCUT2D eigenvalue weighted by molar-refractivity contribution is 5.98. The Morgan fingerprint density at radius 3 is 2.19 bits per heavy atom. The number of aryl methyl sites for hydroxylation is 3. The summed E-state index contributed by atoms with van der Waals surface area (Å²) in [6, 6.07) is 12.3. The lowest BCUT2D eigenvalue weighted by atomic mass is 9.96. The van der Waals surface area contributed by atoms with E-state index in [2.05, 4.69) is 47.2 Å². The number of aromatic amines is 1. The number of hydrogen-bond acceptors (Lipinski definition) is 4. The standard InChI is InChI=1S/C25H30N4O2/c1-15-8-10-19(11-9-15)20-12-21(16(2)23(13-20)28(5)6)25(31)29(7)14-22-17(3)26-18(4)27-24(22)30/h8-13H,14H2,1-7H3,(H,26,27,30). The van der Waals surface area contributed by atoms with Gasteiger partial charge in [-0.2, -0.15) is 0 Å². The second-order valence-corrected chi connectivity index (χ2v) is 8.30. The van der Waals surface area contributed by atoms with Gasteiger partial charge in [0.1, 0.15) is 5.82 Å². The Kier molecular flexibility index (Phi) is 6.29. The highest BCUT2D eigenvalue weighted by atomic mass is 16.2. The van der Waals surface area contributed by atoms with Crippen molar-refractivity contribution in [2.45, 2.75) is 34.2 Å². The molecule has 0 saturated heterocycles. The van der Waals surface area contributed by atoms with E-state index in [1.54, 1.807) is 25.8 Å². The minimum atomic E-state index is -0.205. The van der Waals surface area contributed by atoms with Crippen molar-refractivity contribution >= 4 is 11.6 Å². The molecule has 1 amide bonds. The number of nitrogens with zero attached hydrogens (tertiary/aromatic N) is 3. The molecule has 0 radical (unpaired) electrons. The molecule has 6 heteroatoms. The molecule has 162 valence electrons. The van der Waals surface area contributed by atoms with Crippen molar-refractivity contribution in [1.82, 2.24) is 14.9 Å². The Morgan fingerprint density at radius 1 is 0.968 bits per heavy atom. The van der Waals surface area contributed by atoms with E-state index in [9.17, 15) is 9.59 Å². The average Bonchev–Trinajstić information content (AvgIpc) is 2.70. The molecule has 0 aliphatic heterocycles. The van der Waals surface area contributed by atoms with Crippen LogP contribution in [0.15, 0.2) is 41.2 Å². The van der Waals surface area contributed by atoms with E-state index in [0.717, 1.165) is 22.4 Å². The van der Waals surface area contributed by atoms with Crippen LogP contribution in [0.4, 0.5) is 5.69 Å². The van der Waals surface area contributed by atoms with Crippen LogP contribution in [-0.4, -0.2) is 41.9 Å². The van der Waals surface area contributed by atoms with Crippen LogP contribution < -0.4 is 10.5 Å². The summed E-state index contributed by atoms with van der Waals surface area (Å²) in [4.78, 5) is 36.5. The van der Waals surface area contributed by atoms with E-state index in [-0.39, 0.29) is 18.0 Å². The van der Waals surface area contributed by atoms with Crippen molar-refractivity contribution < 1.29 is 4.79 Å². The zero-order valence-electron chi connectivity index (χ0n) is 19.3. The largest absolute Gasteiger partial charge is 0.377 e. The van der Waals surface area contributed by atoms with E-state index in [0.29, 0.717) is 22.6 Å². The zero-order valence-corrected chi connectivity index (χ0v) is 19.3. The summed E-state index contributed by atoms with van der Waals surface area (Å²) < 4.78 is 0. The van der Waals surface area contributed by atoms with Crippen LogP contribution in [0.5, 0.6) is 0 Å². The lowest BCUT2D eigenvalue weighted by Gasteiger charge is -2.23. The summed E-state index contributed by atoms with van der Waals surface area (Å²) in [5, 5.41) is 0. The maximum Gasteiger partial charge on any atom is 0.256 e. The first-order valence-corrected chi connectivity index (χ1v) is 10.3. The molecule has 1 N–H and O–H groups in total. The summed E-state index contributed by atoms with van der Waals surface area (Å²) in [5.74, 6) is 0.437. The van der Waals surface area contributed by atoms with Gasteiger partial charge in [-0.15, -0.1) is 0 Å². The van der Waals surface area contributed by atoms with Gasteiger partial charge in [-0.1, -0.05) is 29.8 Å². The number of carbonyl (C=O) groups is 1. The maximum absolute atomic E-state index is 13.4. The number of H-pyrrole nitrogens is 1. The van der Waals surface area contributed by atoms with Crippen molar-refractivity contribution in [2.75, 3.05) is 26.0 Å². The lowest BCUT2D eigenvalue weighted by molar-refractivity contribution is 0.0783. The first-order valence-electron chi connectivity index (χ1n) is 10.3. The second-order valence-electron chi connectivity index (χ2n) is 8.30. The Morgan fingerprint density at radius 2 is 1.61 bits per heavy atom. The number of carbonyl (C=O) groups excluding carboxylic acids is 1. The minimum absolute atomic E-state index is 0.131. The van der Waals surface area contributed by atoms with Crippen molar-refractivity contribution in [3.63, 3.8) is 0 Å². The lowest BCUT2D eigenvalue weighted by Crippen LogP contribution is -2.31. The van der Waals surface area contributed by atoms with Gasteiger partial charge in [-0.3, -0.25) is 9.59 Å². The third-order valence-electron chi connectivity index (χ3n) is 5.56. The molecular formula is C25H30N4O2. The number of anilines is 1. The normalized spacial score (nSPS) is 10.8. The Balaban J connectivity index is 2.03. The van der Waals surface area contributed by atoms with Crippen molar-refractivity contribution in [1.29, 1.82) is 0 Å². The first-order chi connectivity index (χ1) is 14.6. The molecule has 0 aliphatic rings. The molecule has 3 aromatic rings. The Bertz CT molecular complexity index is 1180. The molecule has 0 bridgehead atoms. The first kappa shape index (κ1) is 22.3. The summed E-state index contributed by atoms with van der Waals surface area (Å²) in [7, 11) is 5.66. The van der Waals surface area contributed by atoms with Crippen molar-refractivity contribution in [3.05, 3.63) is 80.5 Å². The average molecular weight is 419 g/mol. The van der Waals surface area contributed by atoms with E-state index in [4.69, 9.17) is 0 Å². The molecule has 0 atom stereocenters. The van der Waals surface area contributed by atoms with Crippen LogP contribution in [0.1, 0.15) is 38.6 Å². The predicted molar refractivity (Wildman–Crippen MR) is 126 cm³/mol. The van der Waals surface area contributed by atoms with Gasteiger partial charge >= 0.3 is 0 Å². The number of rotatable bonds is 5. The SMILES string of the molecule is Cc1ccc(-c2cc(C(=O)N(C)Cc3c(C)nc(C)[nH]c3=O)c(C)c(N(C)C)c2)cc1. The molecule has 31 heavy (non-hydrogen) atoms. The third kappa shape index (κ3) is 4.68. The van der Waals surface area contributed by atoms with E-state index in [1.807, 2.05) is 32.0 Å². The van der Waals surface area contributed by atoms with E-state index in [1.165, 1.54) is 5.56 Å². The van der Waals surface area contributed by atoms with Crippen LogP contribution in [-0.2, 0) is 6.54 Å². The van der Waals surface area contributed by atoms with Gasteiger partial charge in [0.25, 0.3) is 11.5 Å². The number of nitrogens with one attached hydrogen (secondary N) is 1. The van der Waals surface area contributed by atoms with Crippen molar-refractivity contribution in [3.8, 4) is 11.1 Å². The van der Waals surface area contributed by atoms with Crippen LogP contribution in [0.2, 0.25) is 0 Å². The summed E-state index contributed by atoms with van der Waals surface area (Å²) in [5.41, 5.74) is 6.68. The molecular weight excluding hydrogens is 388 g/mol. The van der Waals surface area contributed by atoms with Gasteiger partial charge in [0.2, 0.25) is 0 Å². The number of amides is 1. The fraction of sp³-hybridized carbons (Fsp3) is 0.320. The second kappa shape index (κ2) is 8.76. The van der Waals surface area contributed by atoms with Gasteiger partial charge in [0, 0.05) is 38.1 Å². The highest BCUT2D eigenvalue weighted by Crippen LogP contribution is 2.31. The van der Waals surface area contributed by atoms with Gasteiger partial charge < -0.3 is 14.8 Å². The molecule has 0 fully saturated rings. The summed E-state index contributed by atoms with van der Waals surface area (Å²) >= 11 is 0. The number of hydrogen-bond donors (Lipinski definition) is 1. The van der Waals surface area contributed by atoms with Crippen LogP contribution in [0.25, 0.3) is 11.1 Å². The smallest absolute Gasteiger partial charge is 0.256 e. The molecule has 0 aliphatic carbocycles. The molecule has 6 nitrogen and oxygen atoms in total. The molecule has 2 aromatic carbocycles. The van der Waals surface area contributed by atoms with E-state index >= 15 is 0 Å². The molecule has 0 saturated carbocycles. The van der Waals surface area contributed by atoms with E-state index < -0.39 is 0 Å². The zero-order chi connectivity index (χ0) is 22.9. The van der Waals surface area contributed by atoms with Gasteiger partial charge in [-0.05, 0) is 56.5 Å². The van der Waals surface area contributed by atoms with Crippen LogP contribution in [0.3, 0.4) is 0 Å². The van der Waals surface area contributed by atoms with Gasteiger partial charge in [0.05, 0.1) is 12.1 Å². The molecule has 1 aromatic heterocycles. The van der Waals surface area contributed by atoms with Crippen LogP contribution in [0, 0.1) is 27.7 Å². The number of aromatic nitrogens is 2. The van der Waals surface area contributed by atoms with Gasteiger partial charge in [0.15, 0.2) is 0 Å². The van der Waals surface area contributed by atoms with Gasteiger partial charge in [-0.25, -0.2) is 4.98 Å². The Labute approximate surface area is 183 Å². The molecule has 0 unspecified atom stereocenters. The molecule has 3 rings (SSSR count). The quantitative estimate of drug-likeness (QED) is 0.680. The highest BCUT2D eigenvalue weighted by Gasteiger charge is 2.21. The maximum atomic E-state index is 13.4. The summed E-state index contributed by atoms with van der Waals surface area (Å²) in [6.07, 6.45) is 0. The topological polar surface area (TPSA) is 69.3 Å². The third-order valence-corrected chi connectivity index (χ3v) is 5.56. The number of benzene rings is 2. The molecule has 1 heterocycles. The predicted octanol–water partition coefficient (Wildman–Crippen LogP) is 4.01. The fourth-order valence-corrected chi connectivity index (χ4v) is 3.75. The fourth-order valence-electron chi connectivity index (χ4n) is 3.75. The van der Waals surface area contributed by atoms with Crippen molar-refractivity contribution in [2.24, 2.45) is 0 Å². The minimum Gasteiger partial charge on any atom is -0.377 e. The molecule has 0 spiro atoms. The Hall–Kier alpha value is -3.41.